The Hall–Kier alpha value is -0.220. The smallest absolute Gasteiger partial charge is 0.332 e. The molecule has 1 atom stereocenters. The highest BCUT2D eigenvalue weighted by Crippen LogP contribution is 2.02. The lowest BCUT2D eigenvalue weighted by atomic mass is 10.3. The Balaban J connectivity index is 3.50. The Kier molecular flexibility index (Phi) is 5.43. The van der Waals surface area contributed by atoms with Crippen molar-refractivity contribution in [2.24, 2.45) is 0 Å². The molecular weight excluding hydrogens is 152 g/mol. The number of hydrogen-bond donors (Lipinski definition) is 1. The molecule has 0 aliphatic carbocycles. The van der Waals surface area contributed by atoms with Crippen LogP contribution in [0.4, 0.5) is 0 Å². The van der Waals surface area contributed by atoms with Crippen LogP contribution in [0, 0.1) is 0 Å². The Morgan fingerprint density at radius 2 is 2.40 bits per heavy atom. The SMILES string of the molecule is COC(CCSC)C(=O)O. The number of carboxylic acid groups (broad SMARTS) is 1. The molecule has 4 heteroatoms. The fraction of sp³-hybridized carbons (Fsp3) is 0.833. The molecule has 60 valence electrons. The Bertz CT molecular complexity index is 105. The van der Waals surface area contributed by atoms with Crippen molar-refractivity contribution in [3.05, 3.63) is 0 Å². The van der Waals surface area contributed by atoms with E-state index in [2.05, 4.69) is 0 Å². The van der Waals surface area contributed by atoms with Gasteiger partial charge in [0.15, 0.2) is 6.10 Å². The van der Waals surface area contributed by atoms with Gasteiger partial charge in [-0.05, 0) is 18.4 Å². The third-order valence-electron chi connectivity index (χ3n) is 1.14. The third-order valence-corrected chi connectivity index (χ3v) is 1.79. The van der Waals surface area contributed by atoms with Gasteiger partial charge in [-0.3, -0.25) is 0 Å². The maximum atomic E-state index is 10.3. The van der Waals surface area contributed by atoms with Gasteiger partial charge in [0.1, 0.15) is 0 Å². The van der Waals surface area contributed by atoms with Crippen LogP contribution in [0.1, 0.15) is 6.42 Å². The van der Waals surface area contributed by atoms with E-state index >= 15 is 0 Å². The molecule has 0 fully saturated rings. The standard InChI is InChI=1S/C6H12O3S/c1-9-5(6(7)8)3-4-10-2/h5H,3-4H2,1-2H3,(H,7,8). The van der Waals surface area contributed by atoms with Crippen LogP contribution in [0.3, 0.4) is 0 Å². The van der Waals surface area contributed by atoms with Crippen LogP contribution in [-0.4, -0.2) is 36.3 Å². The van der Waals surface area contributed by atoms with Crippen molar-refractivity contribution in [3.63, 3.8) is 0 Å². The van der Waals surface area contributed by atoms with E-state index in [9.17, 15) is 4.79 Å². The topological polar surface area (TPSA) is 46.5 Å². The van der Waals surface area contributed by atoms with Crippen LogP contribution in [0.25, 0.3) is 0 Å². The van der Waals surface area contributed by atoms with Gasteiger partial charge in [-0.1, -0.05) is 0 Å². The number of carboxylic acids is 1. The van der Waals surface area contributed by atoms with Crippen molar-refractivity contribution in [3.8, 4) is 0 Å². The molecule has 0 aromatic heterocycles. The average Bonchev–Trinajstić information content (AvgIpc) is 1.89. The summed E-state index contributed by atoms with van der Waals surface area (Å²) in [5, 5.41) is 8.47. The average molecular weight is 164 g/mol. The van der Waals surface area contributed by atoms with Gasteiger partial charge in [0.2, 0.25) is 0 Å². The molecule has 0 rings (SSSR count). The molecule has 0 saturated heterocycles. The first-order chi connectivity index (χ1) is 4.72. The second kappa shape index (κ2) is 5.56. The maximum Gasteiger partial charge on any atom is 0.332 e. The van der Waals surface area contributed by atoms with Crippen LogP contribution in [-0.2, 0) is 9.53 Å². The first kappa shape index (κ1) is 9.78. The lowest BCUT2D eigenvalue weighted by Gasteiger charge is -2.07. The second-order valence-corrected chi connectivity index (χ2v) is 2.83. The van der Waals surface area contributed by atoms with Gasteiger partial charge in [-0.15, -0.1) is 0 Å². The fourth-order valence-electron chi connectivity index (χ4n) is 0.567. The minimum Gasteiger partial charge on any atom is -0.479 e. The van der Waals surface area contributed by atoms with Crippen LogP contribution < -0.4 is 0 Å². The lowest BCUT2D eigenvalue weighted by Crippen LogP contribution is -2.22. The van der Waals surface area contributed by atoms with Gasteiger partial charge in [0.05, 0.1) is 0 Å². The first-order valence-corrected chi connectivity index (χ1v) is 4.36. The normalized spacial score (nSPS) is 13.0. The van der Waals surface area contributed by atoms with Crippen molar-refractivity contribution < 1.29 is 14.6 Å². The summed E-state index contributed by atoms with van der Waals surface area (Å²) in [4.78, 5) is 10.3. The molecule has 1 N–H and O–H groups in total. The van der Waals surface area contributed by atoms with Crippen molar-refractivity contribution in [1.29, 1.82) is 0 Å². The molecular formula is C6H12O3S. The summed E-state index contributed by atoms with van der Waals surface area (Å²) < 4.78 is 4.70. The van der Waals surface area contributed by atoms with E-state index in [0.717, 1.165) is 5.75 Å². The number of hydrogen-bond acceptors (Lipinski definition) is 3. The van der Waals surface area contributed by atoms with Crippen LogP contribution in [0.2, 0.25) is 0 Å². The molecule has 0 bridgehead atoms. The summed E-state index contributed by atoms with van der Waals surface area (Å²) in [5.74, 6) is -0.0540. The number of thioether (sulfide) groups is 1. The van der Waals surface area contributed by atoms with Crippen molar-refractivity contribution in [2.45, 2.75) is 12.5 Å². The molecule has 0 amide bonds. The van der Waals surface area contributed by atoms with E-state index in [0.29, 0.717) is 6.42 Å². The molecule has 0 aliphatic heterocycles. The van der Waals surface area contributed by atoms with Gasteiger partial charge in [0.25, 0.3) is 0 Å². The number of ether oxygens (including phenoxy) is 1. The number of methoxy groups -OCH3 is 1. The Labute approximate surface area is 64.8 Å². The number of rotatable bonds is 5. The summed E-state index contributed by atoms with van der Waals surface area (Å²) in [6.45, 7) is 0. The molecule has 0 radical (unpaired) electrons. The van der Waals surface area contributed by atoms with Crippen LogP contribution in [0.15, 0.2) is 0 Å². The molecule has 0 spiro atoms. The quantitative estimate of drug-likeness (QED) is 0.654. The van der Waals surface area contributed by atoms with Gasteiger partial charge < -0.3 is 9.84 Å². The molecule has 1 unspecified atom stereocenters. The van der Waals surface area contributed by atoms with E-state index in [1.807, 2.05) is 6.26 Å². The molecule has 0 aromatic carbocycles. The Morgan fingerprint density at radius 3 is 2.70 bits per heavy atom. The molecule has 0 aliphatic rings. The van der Waals surface area contributed by atoms with Crippen LogP contribution >= 0.6 is 11.8 Å². The van der Waals surface area contributed by atoms with Crippen molar-refractivity contribution in [1.82, 2.24) is 0 Å². The van der Waals surface area contributed by atoms with E-state index in [1.54, 1.807) is 11.8 Å². The van der Waals surface area contributed by atoms with Crippen molar-refractivity contribution >= 4 is 17.7 Å². The van der Waals surface area contributed by atoms with Gasteiger partial charge in [0, 0.05) is 7.11 Å². The summed E-state index contributed by atoms with van der Waals surface area (Å²) >= 11 is 1.62. The minimum absolute atomic E-state index is 0.576. The van der Waals surface area contributed by atoms with E-state index in [-0.39, 0.29) is 0 Å². The highest BCUT2D eigenvalue weighted by Gasteiger charge is 2.14. The van der Waals surface area contributed by atoms with E-state index in [1.165, 1.54) is 7.11 Å². The van der Waals surface area contributed by atoms with E-state index < -0.39 is 12.1 Å². The summed E-state index contributed by atoms with van der Waals surface area (Å²) in [7, 11) is 1.42. The summed E-state index contributed by atoms with van der Waals surface area (Å²) in [6, 6.07) is 0. The third kappa shape index (κ3) is 3.74. The molecule has 0 heterocycles. The first-order valence-electron chi connectivity index (χ1n) is 2.97. The second-order valence-electron chi connectivity index (χ2n) is 1.84. The molecule has 0 saturated carbocycles. The predicted molar refractivity (Wildman–Crippen MR) is 41.4 cm³/mol. The number of aliphatic carboxylic acids is 1. The maximum absolute atomic E-state index is 10.3. The molecule has 3 nitrogen and oxygen atoms in total. The minimum atomic E-state index is -0.878. The molecule has 10 heavy (non-hydrogen) atoms. The zero-order valence-electron chi connectivity index (χ0n) is 6.16. The monoisotopic (exact) mass is 164 g/mol. The van der Waals surface area contributed by atoms with Crippen LogP contribution in [0.5, 0.6) is 0 Å². The predicted octanol–water partition coefficient (Wildman–Crippen LogP) is 0.839. The van der Waals surface area contributed by atoms with Gasteiger partial charge >= 0.3 is 5.97 Å². The summed E-state index contributed by atoms with van der Waals surface area (Å²) in [6.07, 6.45) is 1.88. The highest BCUT2D eigenvalue weighted by molar-refractivity contribution is 7.98. The molecule has 0 aromatic rings. The largest absolute Gasteiger partial charge is 0.479 e. The lowest BCUT2D eigenvalue weighted by molar-refractivity contribution is -0.148. The fourth-order valence-corrected chi connectivity index (χ4v) is 1.02. The summed E-state index contributed by atoms with van der Waals surface area (Å²) in [5.41, 5.74) is 0. The van der Waals surface area contributed by atoms with Crippen molar-refractivity contribution in [2.75, 3.05) is 19.1 Å². The van der Waals surface area contributed by atoms with Gasteiger partial charge in [-0.2, -0.15) is 11.8 Å². The zero-order valence-corrected chi connectivity index (χ0v) is 6.98. The highest BCUT2D eigenvalue weighted by atomic mass is 32.2. The van der Waals surface area contributed by atoms with E-state index in [4.69, 9.17) is 9.84 Å². The number of carbonyl (C=O) groups is 1. The Morgan fingerprint density at radius 1 is 1.80 bits per heavy atom. The zero-order chi connectivity index (χ0) is 7.98. The van der Waals surface area contributed by atoms with Gasteiger partial charge in [-0.25, -0.2) is 4.79 Å².